The van der Waals surface area contributed by atoms with Crippen LogP contribution < -0.4 is 30.7 Å². The first-order valence-corrected chi connectivity index (χ1v) is 23.2. The Morgan fingerprint density at radius 2 is 1.74 bits per heavy atom. The molecule has 2 saturated carbocycles. The number of anilines is 5. The number of amides is 2. The molecule has 65 heavy (non-hydrogen) atoms. The highest BCUT2D eigenvalue weighted by Gasteiger charge is 2.53. The van der Waals surface area contributed by atoms with Gasteiger partial charge in [-0.2, -0.15) is 10.1 Å². The number of aliphatic hydroxyl groups excluding tert-OH is 1. The van der Waals surface area contributed by atoms with Crippen molar-refractivity contribution in [1.29, 1.82) is 0 Å². The minimum atomic E-state index is -3.09. The molecule has 2 aromatic heterocycles. The number of alkyl halides is 2. The molecule has 7 aliphatic rings. The fourth-order valence-electron chi connectivity index (χ4n) is 11.2. The van der Waals surface area contributed by atoms with Crippen molar-refractivity contribution >= 4 is 68.8 Å². The molecule has 1 spiro atoms. The number of benzene rings is 2. The summed E-state index contributed by atoms with van der Waals surface area (Å²) < 4.78 is 53.7. The third kappa shape index (κ3) is 7.58. The highest BCUT2D eigenvalue weighted by molar-refractivity contribution is 6.33. The molecule has 0 radical (unpaired) electrons. The number of piperazine rings is 1. The van der Waals surface area contributed by atoms with E-state index < -0.39 is 30.7 Å². The maximum Gasteiger partial charge on any atom is 0.301 e. The first kappa shape index (κ1) is 42.3. The van der Waals surface area contributed by atoms with Gasteiger partial charge in [-0.15, -0.1) is 0 Å². The van der Waals surface area contributed by atoms with Crippen molar-refractivity contribution in [1.82, 2.24) is 35.3 Å². The van der Waals surface area contributed by atoms with Gasteiger partial charge in [-0.3, -0.25) is 24.5 Å². The summed E-state index contributed by atoms with van der Waals surface area (Å²) in [5.41, 5.74) is 3.97. The highest BCUT2D eigenvalue weighted by Crippen LogP contribution is 2.48. The maximum atomic E-state index is 16.2. The molecule has 4 N–H and O–H groups in total. The summed E-state index contributed by atoms with van der Waals surface area (Å²) in [4.78, 5) is 42.2. The van der Waals surface area contributed by atoms with Crippen molar-refractivity contribution in [3.8, 4) is 0 Å². The van der Waals surface area contributed by atoms with E-state index in [1.54, 1.807) is 31.3 Å². The molecule has 0 bridgehead atoms. The van der Waals surface area contributed by atoms with Crippen molar-refractivity contribution in [3.63, 3.8) is 0 Å². The predicted molar refractivity (Wildman–Crippen MR) is 240 cm³/mol. The van der Waals surface area contributed by atoms with Gasteiger partial charge >= 0.3 is 5.92 Å². The molecule has 2 amide bonds. The van der Waals surface area contributed by atoms with Crippen LogP contribution in [0.25, 0.3) is 16.6 Å². The molecule has 2 aliphatic carbocycles. The molecule has 5 fully saturated rings. The Morgan fingerprint density at radius 3 is 2.48 bits per heavy atom. The second-order valence-corrected chi connectivity index (χ2v) is 19.8. The number of nitrogens with one attached hydrogen (secondary N) is 3. The van der Waals surface area contributed by atoms with Crippen LogP contribution in [0.4, 0.5) is 42.0 Å². The standard InChI is InChI=1S/C46H53ClF3N11O4/c1-57-32-8-5-27(19-30(32)37-39(43(57)64)65-24-46(49,50)40(54-37)26-3-4-26)52-41-31(47)20-51-44(55-41)61-22-45(23-61)13-11-25(12-14-45)21-59-15-17-60(18-16-59)33-9-6-28-36(56-58(2)38(28)35(33)48)29-7-10-34(62)53-42(29)63/h5-6,8-9,19-20,25-26,29,40,43,54,64H,3-4,7,10-18,21-24H2,1-2H3,(H,51,52,55)(H,53,62,63). The fraction of sp³-hybridized carbons (Fsp3) is 0.543. The minimum absolute atomic E-state index is 0.0847. The predicted octanol–water partition coefficient (Wildman–Crippen LogP) is 5.71. The van der Waals surface area contributed by atoms with Crippen molar-refractivity contribution in [2.75, 3.05) is 79.5 Å². The second-order valence-electron chi connectivity index (χ2n) is 19.4. The van der Waals surface area contributed by atoms with Gasteiger partial charge in [0.15, 0.2) is 30.2 Å². The number of nitrogens with zero attached hydrogens (tertiary/aromatic N) is 8. The number of ether oxygens (including phenoxy) is 1. The molecule has 15 nitrogen and oxygen atoms in total. The third-order valence-corrected chi connectivity index (χ3v) is 15.3. The lowest BCUT2D eigenvalue weighted by molar-refractivity contribution is -0.134. The van der Waals surface area contributed by atoms with Crippen molar-refractivity contribution in [3.05, 3.63) is 64.4 Å². The number of piperidine rings is 1. The fourth-order valence-corrected chi connectivity index (χ4v) is 11.3. The summed E-state index contributed by atoms with van der Waals surface area (Å²) in [5.74, 6) is -3.14. The Hall–Kier alpha value is -5.33. The van der Waals surface area contributed by atoms with E-state index in [0.717, 1.165) is 71.2 Å². The van der Waals surface area contributed by atoms with Crippen LogP contribution in [-0.4, -0.2) is 119 Å². The Balaban J connectivity index is 0.689. The van der Waals surface area contributed by atoms with Gasteiger partial charge < -0.3 is 35.2 Å². The van der Waals surface area contributed by atoms with Gasteiger partial charge in [-0.25, -0.2) is 18.2 Å². The van der Waals surface area contributed by atoms with Crippen LogP contribution in [0.3, 0.4) is 0 Å². The smallest absolute Gasteiger partial charge is 0.301 e. The van der Waals surface area contributed by atoms with Gasteiger partial charge in [-0.1, -0.05) is 11.6 Å². The van der Waals surface area contributed by atoms with E-state index in [1.165, 1.54) is 4.68 Å². The number of fused-ring (bicyclic) bond motifs is 3. The number of hydrogen-bond donors (Lipinski definition) is 4. The van der Waals surface area contributed by atoms with Crippen molar-refractivity contribution in [2.45, 2.75) is 75.5 Å². The first-order chi connectivity index (χ1) is 31.2. The number of aromatic nitrogens is 4. The number of carbonyl (C=O) groups excluding carboxylic acids is 2. The van der Waals surface area contributed by atoms with Gasteiger partial charge in [-0.05, 0) is 87.1 Å². The number of hydrogen-bond acceptors (Lipinski definition) is 13. The number of aliphatic hydroxyl groups is 1. The highest BCUT2D eigenvalue weighted by atomic mass is 35.5. The molecule has 5 aliphatic heterocycles. The lowest BCUT2D eigenvalue weighted by Gasteiger charge is -2.54. The summed E-state index contributed by atoms with van der Waals surface area (Å²) in [6.45, 7) is 5.08. The van der Waals surface area contributed by atoms with Gasteiger partial charge in [0.1, 0.15) is 10.5 Å². The number of rotatable bonds is 8. The van der Waals surface area contributed by atoms with E-state index in [2.05, 4.69) is 40.7 Å². The summed E-state index contributed by atoms with van der Waals surface area (Å²) in [5, 5.41) is 25.4. The van der Waals surface area contributed by atoms with Gasteiger partial charge in [0.2, 0.25) is 17.8 Å². The van der Waals surface area contributed by atoms with E-state index in [9.17, 15) is 14.7 Å². The molecular weight excluding hydrogens is 863 g/mol. The van der Waals surface area contributed by atoms with E-state index in [0.29, 0.717) is 87.1 Å². The number of halogens is 4. The van der Waals surface area contributed by atoms with Crippen molar-refractivity contribution < 1.29 is 32.6 Å². The van der Waals surface area contributed by atoms with E-state index in [-0.39, 0.29) is 41.1 Å². The Morgan fingerprint density at radius 1 is 0.985 bits per heavy atom. The van der Waals surface area contributed by atoms with Crippen LogP contribution in [0.2, 0.25) is 5.02 Å². The molecule has 3 unspecified atom stereocenters. The molecule has 7 heterocycles. The van der Waals surface area contributed by atoms with E-state index in [4.69, 9.17) is 21.3 Å². The van der Waals surface area contributed by atoms with Crippen LogP contribution in [0.15, 0.2) is 42.3 Å². The second kappa shape index (κ2) is 15.9. The SMILES string of the molecule is CN1c2ccc(Nc3nc(N4CC5(CCC(CN6CCN(c7ccc8c(C9CCC(=O)NC9=O)nn(C)c8c7F)CC6)CC5)C4)ncc3Cl)cc2C2=C(OCC(F)(F)C(C3CC3)N2)C1O. The number of imide groups is 1. The molecule has 3 saturated heterocycles. The van der Waals surface area contributed by atoms with Crippen LogP contribution >= 0.6 is 11.6 Å². The van der Waals surface area contributed by atoms with Crippen molar-refractivity contribution in [2.24, 2.45) is 24.3 Å². The molecule has 2 aromatic carbocycles. The Kier molecular flexibility index (Phi) is 10.4. The summed E-state index contributed by atoms with van der Waals surface area (Å²) in [6, 6.07) is 8.10. The Labute approximate surface area is 379 Å². The quantitative estimate of drug-likeness (QED) is 0.160. The average Bonchev–Trinajstić information content (AvgIpc) is 4.08. The van der Waals surface area contributed by atoms with Gasteiger partial charge in [0.05, 0.1) is 35.2 Å². The molecular formula is C46H53ClF3N11O4. The molecule has 11 rings (SSSR count). The number of carbonyl (C=O) groups is 2. The van der Waals surface area contributed by atoms with Crippen LogP contribution in [0, 0.1) is 23.1 Å². The largest absolute Gasteiger partial charge is 0.485 e. The summed E-state index contributed by atoms with van der Waals surface area (Å²) in [6.07, 6.45) is 6.97. The zero-order valence-electron chi connectivity index (χ0n) is 36.4. The van der Waals surface area contributed by atoms with Gasteiger partial charge in [0.25, 0.3) is 0 Å². The lowest BCUT2D eigenvalue weighted by Crippen LogP contribution is -2.58. The minimum Gasteiger partial charge on any atom is -0.485 e. The first-order valence-electron chi connectivity index (χ1n) is 22.8. The molecule has 3 atom stereocenters. The van der Waals surface area contributed by atoms with Crippen LogP contribution in [-0.2, 0) is 21.4 Å². The lowest BCUT2D eigenvalue weighted by atomic mass is 9.66. The molecule has 344 valence electrons. The topological polar surface area (TPSA) is 156 Å². The molecule has 4 aromatic rings. The van der Waals surface area contributed by atoms with Crippen LogP contribution in [0.5, 0.6) is 0 Å². The monoisotopic (exact) mass is 915 g/mol. The number of aryl methyl sites for hydroxylation is 1. The number of likely N-dealkylation sites (N-methyl/N-ethyl adjacent to an activating group) is 1. The summed E-state index contributed by atoms with van der Waals surface area (Å²) in [7, 11) is 3.40. The zero-order chi connectivity index (χ0) is 44.9. The van der Waals surface area contributed by atoms with E-state index in [1.807, 2.05) is 24.3 Å². The maximum absolute atomic E-state index is 16.2. The van der Waals surface area contributed by atoms with Gasteiger partial charge in [0, 0.05) is 94.1 Å². The third-order valence-electron chi connectivity index (χ3n) is 15.0. The average molecular weight is 916 g/mol. The van der Waals surface area contributed by atoms with E-state index >= 15 is 13.2 Å². The zero-order valence-corrected chi connectivity index (χ0v) is 37.2. The Bertz CT molecular complexity index is 2600. The normalized spacial score (nSPS) is 25.7. The van der Waals surface area contributed by atoms with Crippen LogP contribution in [0.1, 0.15) is 68.5 Å². The summed E-state index contributed by atoms with van der Waals surface area (Å²) >= 11 is 6.65. The molecule has 19 heteroatoms.